The molecule has 0 spiro atoms. The molecule has 4 heteroatoms. The fourth-order valence-corrected chi connectivity index (χ4v) is 1.19. The number of rotatable bonds is 2. The van der Waals surface area contributed by atoms with E-state index < -0.39 is 17.7 Å². The summed E-state index contributed by atoms with van der Waals surface area (Å²) in [5.41, 5.74) is 0.446. The Morgan fingerprint density at radius 2 is 2.17 bits per heavy atom. The summed E-state index contributed by atoms with van der Waals surface area (Å²) in [5.74, 6) is -1.12. The second-order valence-corrected chi connectivity index (χ2v) is 3.03. The van der Waals surface area contributed by atoms with Crippen molar-refractivity contribution < 1.29 is 14.6 Å². The molecule has 1 atom stereocenters. The number of aromatic hydroxyl groups is 1. The van der Waals surface area contributed by atoms with Gasteiger partial charge in [-0.25, -0.2) is 4.39 Å². The number of hydrogen-bond donors (Lipinski definition) is 2. The van der Waals surface area contributed by atoms with Crippen LogP contribution in [0, 0.1) is 5.82 Å². The van der Waals surface area contributed by atoms with Gasteiger partial charge in [0.15, 0.2) is 11.6 Å². The number of phenolic OH excluding ortho intramolecular Hbond substituents is 1. The van der Waals surface area contributed by atoms with Gasteiger partial charge >= 0.3 is 0 Å². The maximum atomic E-state index is 12.7. The molecule has 1 unspecified atom stereocenters. The standard InChI is InChI=1S/C8H8BrFO2/c9-4-8(12)5-1-2-7(11)6(10)3-5/h1-3,8,11-12H,4H2. The number of benzene rings is 1. The predicted octanol–water partition coefficient (Wildman–Crippen LogP) is 1.96. The maximum absolute atomic E-state index is 12.7. The van der Waals surface area contributed by atoms with E-state index in [2.05, 4.69) is 15.9 Å². The van der Waals surface area contributed by atoms with E-state index in [1.165, 1.54) is 12.1 Å². The second kappa shape index (κ2) is 3.87. The van der Waals surface area contributed by atoms with E-state index in [1.807, 2.05) is 0 Å². The van der Waals surface area contributed by atoms with Crippen LogP contribution in [0.25, 0.3) is 0 Å². The minimum atomic E-state index is -0.736. The van der Waals surface area contributed by atoms with E-state index in [0.717, 1.165) is 6.07 Å². The second-order valence-electron chi connectivity index (χ2n) is 2.38. The van der Waals surface area contributed by atoms with E-state index in [9.17, 15) is 9.50 Å². The zero-order valence-corrected chi connectivity index (χ0v) is 7.75. The minimum Gasteiger partial charge on any atom is -0.505 e. The zero-order chi connectivity index (χ0) is 9.14. The van der Waals surface area contributed by atoms with Gasteiger partial charge in [-0.2, -0.15) is 0 Å². The lowest BCUT2D eigenvalue weighted by Crippen LogP contribution is -1.98. The number of phenols is 1. The lowest BCUT2D eigenvalue weighted by atomic mass is 10.1. The maximum Gasteiger partial charge on any atom is 0.165 e. The van der Waals surface area contributed by atoms with Crippen LogP contribution in [0.15, 0.2) is 18.2 Å². The molecule has 0 aliphatic carbocycles. The summed E-state index contributed by atoms with van der Waals surface area (Å²) < 4.78 is 12.7. The van der Waals surface area contributed by atoms with Gasteiger partial charge in [0.05, 0.1) is 6.10 Å². The molecule has 0 aliphatic rings. The molecule has 0 saturated heterocycles. The molecule has 2 N–H and O–H groups in total. The van der Waals surface area contributed by atoms with Crippen LogP contribution in [0.2, 0.25) is 0 Å². The van der Waals surface area contributed by atoms with Crippen LogP contribution in [0.4, 0.5) is 4.39 Å². The Morgan fingerprint density at radius 3 is 2.67 bits per heavy atom. The molecule has 0 bridgehead atoms. The van der Waals surface area contributed by atoms with Crippen molar-refractivity contribution in [3.8, 4) is 5.75 Å². The number of alkyl halides is 1. The van der Waals surface area contributed by atoms with Gasteiger partial charge in [-0.3, -0.25) is 0 Å². The number of aliphatic hydroxyl groups is 1. The first-order valence-electron chi connectivity index (χ1n) is 3.37. The highest BCUT2D eigenvalue weighted by molar-refractivity contribution is 9.09. The van der Waals surface area contributed by atoms with Crippen molar-refractivity contribution in [3.63, 3.8) is 0 Å². The SMILES string of the molecule is Oc1ccc(C(O)CBr)cc1F. The smallest absolute Gasteiger partial charge is 0.165 e. The van der Waals surface area contributed by atoms with Gasteiger partial charge in [-0.15, -0.1) is 0 Å². The van der Waals surface area contributed by atoms with Gasteiger partial charge in [0.1, 0.15) is 0 Å². The van der Waals surface area contributed by atoms with E-state index in [-0.39, 0.29) is 0 Å². The molecule has 1 aromatic rings. The van der Waals surface area contributed by atoms with Crippen LogP contribution >= 0.6 is 15.9 Å². The summed E-state index contributed by atoms with van der Waals surface area (Å²) >= 11 is 3.06. The molecule has 0 fully saturated rings. The lowest BCUT2D eigenvalue weighted by molar-refractivity contribution is 0.204. The normalized spacial score (nSPS) is 12.9. The van der Waals surface area contributed by atoms with Gasteiger partial charge in [0.2, 0.25) is 0 Å². The Balaban J connectivity index is 2.96. The first-order chi connectivity index (χ1) is 5.65. The molecule has 66 valence electrons. The van der Waals surface area contributed by atoms with Gasteiger partial charge < -0.3 is 10.2 Å². The fraction of sp³-hybridized carbons (Fsp3) is 0.250. The van der Waals surface area contributed by atoms with E-state index in [1.54, 1.807) is 0 Å². The van der Waals surface area contributed by atoms with Crippen LogP contribution in [-0.2, 0) is 0 Å². The molecule has 1 aromatic carbocycles. The van der Waals surface area contributed by atoms with Crippen molar-refractivity contribution in [2.24, 2.45) is 0 Å². The molecular formula is C8H8BrFO2. The van der Waals surface area contributed by atoms with Gasteiger partial charge in [-0.05, 0) is 17.7 Å². The van der Waals surface area contributed by atoms with Gasteiger partial charge in [0.25, 0.3) is 0 Å². The predicted molar refractivity (Wildman–Crippen MR) is 46.8 cm³/mol. The summed E-state index contributed by atoms with van der Waals surface area (Å²) in [7, 11) is 0. The van der Waals surface area contributed by atoms with Crippen LogP contribution in [0.5, 0.6) is 5.75 Å². The van der Waals surface area contributed by atoms with Crippen molar-refractivity contribution >= 4 is 15.9 Å². The third-order valence-electron chi connectivity index (χ3n) is 1.50. The van der Waals surface area contributed by atoms with Crippen LogP contribution in [0.1, 0.15) is 11.7 Å². The minimum absolute atomic E-state index is 0.344. The summed E-state index contributed by atoms with van der Waals surface area (Å²) in [6.07, 6.45) is -0.736. The molecule has 0 saturated carbocycles. The quantitative estimate of drug-likeness (QED) is 0.769. The molecule has 0 heterocycles. The van der Waals surface area contributed by atoms with Crippen molar-refractivity contribution in [3.05, 3.63) is 29.6 Å². The molecule has 0 amide bonds. The van der Waals surface area contributed by atoms with Crippen molar-refractivity contribution in [1.82, 2.24) is 0 Å². The topological polar surface area (TPSA) is 40.5 Å². The Hall–Kier alpha value is -0.610. The fourth-order valence-electron chi connectivity index (χ4n) is 0.820. The first-order valence-corrected chi connectivity index (χ1v) is 4.49. The largest absolute Gasteiger partial charge is 0.505 e. The van der Waals surface area contributed by atoms with Crippen molar-refractivity contribution in [2.75, 3.05) is 5.33 Å². The highest BCUT2D eigenvalue weighted by Gasteiger charge is 2.08. The Labute approximate surface area is 77.8 Å². The average molecular weight is 235 g/mol. The van der Waals surface area contributed by atoms with Crippen molar-refractivity contribution in [2.45, 2.75) is 6.10 Å². The van der Waals surface area contributed by atoms with Gasteiger partial charge in [0, 0.05) is 5.33 Å². The van der Waals surface area contributed by atoms with Crippen molar-refractivity contribution in [1.29, 1.82) is 0 Å². The first kappa shape index (κ1) is 9.48. The summed E-state index contributed by atoms with van der Waals surface area (Å²) in [4.78, 5) is 0. The Morgan fingerprint density at radius 1 is 1.50 bits per heavy atom. The lowest BCUT2D eigenvalue weighted by Gasteiger charge is -2.06. The molecule has 0 aliphatic heterocycles. The zero-order valence-electron chi connectivity index (χ0n) is 6.17. The summed E-state index contributed by atoms with van der Waals surface area (Å²) in [5, 5.41) is 18.4. The highest BCUT2D eigenvalue weighted by Crippen LogP contribution is 2.21. The molecule has 1 rings (SSSR count). The number of hydrogen-bond acceptors (Lipinski definition) is 2. The Kier molecular flexibility index (Phi) is 3.05. The van der Waals surface area contributed by atoms with Gasteiger partial charge in [-0.1, -0.05) is 22.0 Å². The molecule has 12 heavy (non-hydrogen) atoms. The van der Waals surface area contributed by atoms with E-state index >= 15 is 0 Å². The summed E-state index contributed by atoms with van der Waals surface area (Å²) in [6, 6.07) is 3.81. The monoisotopic (exact) mass is 234 g/mol. The average Bonchev–Trinajstić information content (AvgIpc) is 2.08. The van der Waals surface area contributed by atoms with E-state index in [4.69, 9.17) is 5.11 Å². The van der Waals surface area contributed by atoms with Crippen LogP contribution in [0.3, 0.4) is 0 Å². The molecule has 2 nitrogen and oxygen atoms in total. The third kappa shape index (κ3) is 1.95. The van der Waals surface area contributed by atoms with Crippen LogP contribution < -0.4 is 0 Å². The van der Waals surface area contributed by atoms with E-state index in [0.29, 0.717) is 10.9 Å². The third-order valence-corrected chi connectivity index (χ3v) is 2.12. The number of aliphatic hydroxyl groups excluding tert-OH is 1. The molecular weight excluding hydrogens is 227 g/mol. The molecule has 0 radical (unpaired) electrons. The molecule has 0 aromatic heterocycles. The highest BCUT2D eigenvalue weighted by atomic mass is 79.9. The summed E-state index contributed by atoms with van der Waals surface area (Å²) in [6.45, 7) is 0. The number of halogens is 2. The Bertz CT molecular complexity index is 278. The van der Waals surface area contributed by atoms with Crippen LogP contribution in [-0.4, -0.2) is 15.5 Å².